The van der Waals surface area contributed by atoms with Crippen molar-refractivity contribution in [3.63, 3.8) is 0 Å². The first kappa shape index (κ1) is 13.2. The van der Waals surface area contributed by atoms with Crippen molar-refractivity contribution in [1.29, 1.82) is 0 Å². The fourth-order valence-corrected chi connectivity index (χ4v) is 2.09. The minimum atomic E-state index is -3.32. The molecular formula is C11H11N3O4S. The van der Waals surface area contributed by atoms with Gasteiger partial charge < -0.3 is 5.11 Å². The molecule has 0 aromatic carbocycles. The zero-order chi connectivity index (χ0) is 14.0. The molecule has 7 nitrogen and oxygen atoms in total. The topological polar surface area (TPSA) is 102 Å². The third kappa shape index (κ3) is 2.97. The Labute approximate surface area is 109 Å². The molecule has 2 rings (SSSR count). The van der Waals surface area contributed by atoms with E-state index in [1.54, 1.807) is 0 Å². The van der Waals surface area contributed by atoms with E-state index in [1.807, 2.05) is 0 Å². The highest BCUT2D eigenvalue weighted by Crippen LogP contribution is 2.10. The van der Waals surface area contributed by atoms with Gasteiger partial charge in [0.2, 0.25) is 0 Å². The number of hydrogen-bond acceptors (Lipinski definition) is 5. The van der Waals surface area contributed by atoms with Gasteiger partial charge in [0.15, 0.2) is 9.84 Å². The normalized spacial score (nSPS) is 11.4. The van der Waals surface area contributed by atoms with Crippen molar-refractivity contribution in [3.05, 3.63) is 42.0 Å². The second-order valence-electron chi connectivity index (χ2n) is 3.95. The molecule has 8 heteroatoms. The minimum Gasteiger partial charge on any atom is -0.478 e. The van der Waals surface area contributed by atoms with E-state index in [4.69, 9.17) is 5.11 Å². The summed E-state index contributed by atoms with van der Waals surface area (Å²) in [6.07, 6.45) is 5.12. The largest absolute Gasteiger partial charge is 0.478 e. The SMILES string of the molecule is CS(=O)(=O)c1cnn(Cc2ncccc2C(=O)O)c1. The predicted molar refractivity (Wildman–Crippen MR) is 65.6 cm³/mol. The maximum Gasteiger partial charge on any atom is 0.337 e. The van der Waals surface area contributed by atoms with Crippen molar-refractivity contribution in [2.75, 3.05) is 6.26 Å². The molecule has 0 aliphatic carbocycles. The van der Waals surface area contributed by atoms with Crippen molar-refractivity contribution >= 4 is 15.8 Å². The van der Waals surface area contributed by atoms with Gasteiger partial charge in [-0.25, -0.2) is 13.2 Å². The molecule has 2 aromatic heterocycles. The van der Waals surface area contributed by atoms with E-state index < -0.39 is 15.8 Å². The average Bonchev–Trinajstić information content (AvgIpc) is 2.77. The molecule has 1 N–H and O–H groups in total. The Balaban J connectivity index is 2.32. The molecule has 0 saturated carbocycles. The van der Waals surface area contributed by atoms with E-state index in [9.17, 15) is 13.2 Å². The van der Waals surface area contributed by atoms with E-state index in [0.29, 0.717) is 5.69 Å². The summed E-state index contributed by atoms with van der Waals surface area (Å²) in [5.41, 5.74) is 0.386. The molecular weight excluding hydrogens is 270 g/mol. The van der Waals surface area contributed by atoms with Crippen LogP contribution in [0.4, 0.5) is 0 Å². The van der Waals surface area contributed by atoms with Crippen molar-refractivity contribution < 1.29 is 18.3 Å². The fourth-order valence-electron chi connectivity index (χ4n) is 1.53. The van der Waals surface area contributed by atoms with E-state index in [-0.39, 0.29) is 17.0 Å². The number of sulfone groups is 1. The average molecular weight is 281 g/mol. The first-order valence-corrected chi connectivity index (χ1v) is 7.17. The van der Waals surface area contributed by atoms with Crippen LogP contribution in [0.25, 0.3) is 0 Å². The number of pyridine rings is 1. The molecule has 0 atom stereocenters. The van der Waals surface area contributed by atoms with Crippen LogP contribution in [0.15, 0.2) is 35.6 Å². The molecule has 0 fully saturated rings. The van der Waals surface area contributed by atoms with E-state index in [2.05, 4.69) is 10.1 Å². The summed E-state index contributed by atoms with van der Waals surface area (Å²) in [4.78, 5) is 15.1. The van der Waals surface area contributed by atoms with Crippen LogP contribution in [-0.4, -0.2) is 40.5 Å². The summed E-state index contributed by atoms with van der Waals surface area (Å²) in [6, 6.07) is 2.96. The van der Waals surface area contributed by atoms with Gasteiger partial charge in [-0.15, -0.1) is 0 Å². The van der Waals surface area contributed by atoms with Crippen LogP contribution in [0, 0.1) is 0 Å². The minimum absolute atomic E-state index is 0.0684. The molecule has 0 amide bonds. The Morgan fingerprint density at radius 1 is 1.47 bits per heavy atom. The maximum atomic E-state index is 11.3. The molecule has 0 bridgehead atoms. The third-order valence-electron chi connectivity index (χ3n) is 2.47. The molecule has 2 aromatic rings. The monoisotopic (exact) mass is 281 g/mol. The van der Waals surface area contributed by atoms with Gasteiger partial charge in [-0.1, -0.05) is 0 Å². The van der Waals surface area contributed by atoms with Gasteiger partial charge in [0, 0.05) is 18.6 Å². The summed E-state index contributed by atoms with van der Waals surface area (Å²) in [7, 11) is -3.32. The smallest absolute Gasteiger partial charge is 0.337 e. The highest BCUT2D eigenvalue weighted by molar-refractivity contribution is 7.90. The Hall–Kier alpha value is -2.22. The van der Waals surface area contributed by atoms with E-state index in [0.717, 1.165) is 6.26 Å². The second-order valence-corrected chi connectivity index (χ2v) is 5.96. The standard InChI is InChI=1S/C11H11N3O4S/c1-19(17,18)8-5-13-14(6-8)7-10-9(11(15)16)3-2-4-12-10/h2-6H,7H2,1H3,(H,15,16). The first-order valence-electron chi connectivity index (χ1n) is 5.27. The predicted octanol–water partition coefficient (Wildman–Crippen LogP) is 0.428. The Morgan fingerprint density at radius 3 is 2.79 bits per heavy atom. The second kappa shape index (κ2) is 4.81. The third-order valence-corrected chi connectivity index (χ3v) is 3.54. The lowest BCUT2D eigenvalue weighted by atomic mass is 10.2. The molecule has 0 saturated heterocycles. The van der Waals surface area contributed by atoms with Gasteiger partial charge in [-0.05, 0) is 12.1 Å². The van der Waals surface area contributed by atoms with Crippen LogP contribution in [0.3, 0.4) is 0 Å². The van der Waals surface area contributed by atoms with E-state index in [1.165, 1.54) is 35.4 Å². The maximum absolute atomic E-state index is 11.3. The molecule has 19 heavy (non-hydrogen) atoms. The molecule has 0 spiro atoms. The summed E-state index contributed by atoms with van der Waals surface area (Å²) >= 11 is 0. The van der Waals surface area contributed by atoms with Crippen LogP contribution in [-0.2, 0) is 16.4 Å². The quantitative estimate of drug-likeness (QED) is 0.871. The lowest BCUT2D eigenvalue weighted by Crippen LogP contribution is -2.09. The number of carbonyl (C=O) groups is 1. The number of hydrogen-bond donors (Lipinski definition) is 1. The Bertz CT molecular complexity index is 721. The fraction of sp³-hybridized carbons (Fsp3) is 0.182. The van der Waals surface area contributed by atoms with Gasteiger partial charge in [0.05, 0.1) is 24.0 Å². The van der Waals surface area contributed by atoms with Crippen LogP contribution in [0.2, 0.25) is 0 Å². The van der Waals surface area contributed by atoms with Gasteiger partial charge in [-0.2, -0.15) is 5.10 Å². The zero-order valence-corrected chi connectivity index (χ0v) is 10.8. The molecule has 0 radical (unpaired) electrons. The van der Waals surface area contributed by atoms with Crippen LogP contribution in [0.5, 0.6) is 0 Å². The molecule has 0 aliphatic rings. The number of aromatic carboxylic acids is 1. The van der Waals surface area contributed by atoms with Crippen LogP contribution < -0.4 is 0 Å². The number of aromatic nitrogens is 3. The van der Waals surface area contributed by atoms with Gasteiger partial charge in [0.25, 0.3) is 0 Å². The summed E-state index contributed by atoms with van der Waals surface area (Å²) in [6.45, 7) is 0.0952. The van der Waals surface area contributed by atoms with Crippen LogP contribution in [0.1, 0.15) is 16.1 Å². The Morgan fingerprint density at radius 2 is 2.21 bits per heavy atom. The Kier molecular flexibility index (Phi) is 3.34. The summed E-state index contributed by atoms with van der Waals surface area (Å²) < 4.78 is 24.0. The van der Waals surface area contributed by atoms with Crippen molar-refractivity contribution in [1.82, 2.24) is 14.8 Å². The molecule has 2 heterocycles. The zero-order valence-electron chi connectivity index (χ0n) is 10.0. The summed E-state index contributed by atoms with van der Waals surface area (Å²) in [5, 5.41) is 12.9. The summed E-state index contributed by atoms with van der Waals surface area (Å²) in [5.74, 6) is -1.08. The molecule has 100 valence electrons. The van der Waals surface area contributed by atoms with Gasteiger partial charge in [0.1, 0.15) is 4.90 Å². The van der Waals surface area contributed by atoms with Crippen molar-refractivity contribution in [3.8, 4) is 0 Å². The lowest BCUT2D eigenvalue weighted by molar-refractivity contribution is 0.0695. The van der Waals surface area contributed by atoms with Crippen molar-refractivity contribution in [2.45, 2.75) is 11.4 Å². The number of carboxylic acid groups (broad SMARTS) is 1. The number of rotatable bonds is 4. The lowest BCUT2D eigenvalue weighted by Gasteiger charge is -2.04. The van der Waals surface area contributed by atoms with Gasteiger partial charge >= 0.3 is 5.97 Å². The molecule has 0 aliphatic heterocycles. The molecule has 0 unspecified atom stereocenters. The van der Waals surface area contributed by atoms with Gasteiger partial charge in [-0.3, -0.25) is 9.67 Å². The highest BCUT2D eigenvalue weighted by atomic mass is 32.2. The number of carboxylic acids is 1. The highest BCUT2D eigenvalue weighted by Gasteiger charge is 2.14. The van der Waals surface area contributed by atoms with Crippen molar-refractivity contribution in [2.24, 2.45) is 0 Å². The number of nitrogens with zero attached hydrogens (tertiary/aromatic N) is 3. The van der Waals surface area contributed by atoms with Crippen LogP contribution >= 0.6 is 0 Å². The first-order chi connectivity index (χ1) is 8.88. The van der Waals surface area contributed by atoms with E-state index >= 15 is 0 Å².